The van der Waals surface area contributed by atoms with Crippen LogP contribution in [0.5, 0.6) is 0 Å². The number of amides is 1. The van der Waals surface area contributed by atoms with Gasteiger partial charge in [-0.25, -0.2) is 17.9 Å². The number of sulfonamides is 1. The molecule has 31 heavy (non-hydrogen) atoms. The molecule has 0 radical (unpaired) electrons. The highest BCUT2D eigenvalue weighted by Gasteiger charge is 2.33. The van der Waals surface area contributed by atoms with Crippen LogP contribution in [0.2, 0.25) is 0 Å². The minimum Gasteiger partial charge on any atom is -0.338 e. The Morgan fingerprint density at radius 1 is 1.06 bits per heavy atom. The van der Waals surface area contributed by atoms with E-state index in [-0.39, 0.29) is 49.7 Å². The molecule has 1 amide bonds. The highest BCUT2D eigenvalue weighted by molar-refractivity contribution is 7.89. The molecule has 1 aromatic carbocycles. The smallest absolute Gasteiger partial charge is 0.338 e. The average Bonchev–Trinajstić information content (AvgIpc) is 2.98. The van der Waals surface area contributed by atoms with Crippen molar-refractivity contribution in [3.8, 4) is 0 Å². The summed E-state index contributed by atoms with van der Waals surface area (Å²) in [5.41, 5.74) is 2.14. The van der Waals surface area contributed by atoms with Crippen molar-refractivity contribution in [3.63, 3.8) is 0 Å². The molecule has 0 unspecified atom stereocenters. The molecule has 3 rings (SSSR count). The minimum atomic E-state index is -3.67. The van der Waals surface area contributed by atoms with Crippen molar-refractivity contribution in [2.75, 3.05) is 26.2 Å². The SMILES string of the molecule is Cc1cc(C(C)(C)C)cc(C)c1S(=O)(=O)N1CCN(C(=O)Cn2ncn(C)c2=O)CC1. The molecule has 1 aliphatic heterocycles. The number of hydrogen-bond donors (Lipinski definition) is 0. The van der Waals surface area contributed by atoms with Crippen LogP contribution in [0, 0.1) is 13.8 Å². The molecule has 1 aromatic heterocycles. The Hall–Kier alpha value is -2.46. The highest BCUT2D eigenvalue weighted by Crippen LogP contribution is 2.31. The van der Waals surface area contributed by atoms with E-state index < -0.39 is 10.0 Å². The van der Waals surface area contributed by atoms with Crippen LogP contribution in [0.4, 0.5) is 0 Å². The second-order valence-corrected chi connectivity index (χ2v) is 11.0. The molecule has 0 bridgehead atoms. The minimum absolute atomic E-state index is 0.0701. The predicted octanol–water partition coefficient (Wildman–Crippen LogP) is 1.03. The summed E-state index contributed by atoms with van der Waals surface area (Å²) in [4.78, 5) is 26.4. The average molecular weight is 450 g/mol. The number of aryl methyl sites for hydroxylation is 3. The Morgan fingerprint density at radius 2 is 1.61 bits per heavy atom. The van der Waals surface area contributed by atoms with Crippen molar-refractivity contribution in [1.29, 1.82) is 0 Å². The fourth-order valence-corrected chi connectivity index (χ4v) is 5.69. The van der Waals surface area contributed by atoms with E-state index in [4.69, 9.17) is 0 Å². The first-order chi connectivity index (χ1) is 14.3. The summed E-state index contributed by atoms with van der Waals surface area (Å²) >= 11 is 0. The van der Waals surface area contributed by atoms with Gasteiger partial charge in [0, 0.05) is 33.2 Å². The first-order valence-electron chi connectivity index (χ1n) is 10.3. The Balaban J connectivity index is 1.73. The second kappa shape index (κ2) is 8.23. The van der Waals surface area contributed by atoms with Gasteiger partial charge in [0.2, 0.25) is 15.9 Å². The van der Waals surface area contributed by atoms with Gasteiger partial charge in [-0.2, -0.15) is 9.40 Å². The predicted molar refractivity (Wildman–Crippen MR) is 117 cm³/mol. The Bertz CT molecular complexity index is 1130. The van der Waals surface area contributed by atoms with Crippen molar-refractivity contribution in [2.24, 2.45) is 7.05 Å². The summed E-state index contributed by atoms with van der Waals surface area (Å²) in [6, 6.07) is 3.90. The van der Waals surface area contributed by atoms with E-state index in [2.05, 4.69) is 25.9 Å². The molecule has 1 saturated heterocycles. The summed E-state index contributed by atoms with van der Waals surface area (Å²) in [6.45, 7) is 10.8. The third-order valence-corrected chi connectivity index (χ3v) is 7.89. The summed E-state index contributed by atoms with van der Waals surface area (Å²) in [5, 5.41) is 3.90. The quantitative estimate of drug-likeness (QED) is 0.694. The fourth-order valence-electron chi connectivity index (χ4n) is 3.85. The molecule has 0 atom stereocenters. The number of benzene rings is 1. The van der Waals surface area contributed by atoms with Gasteiger partial charge in [0.15, 0.2) is 0 Å². The lowest BCUT2D eigenvalue weighted by Gasteiger charge is -2.34. The standard InChI is InChI=1S/C21H31N5O4S/c1-15-11-17(21(3,4)5)12-16(2)19(15)31(29,30)25-9-7-24(8-10-25)18(27)13-26-20(28)23(6)14-22-26/h11-12,14H,7-10,13H2,1-6H3. The van der Waals surface area contributed by atoms with Crippen molar-refractivity contribution >= 4 is 15.9 Å². The highest BCUT2D eigenvalue weighted by atomic mass is 32.2. The van der Waals surface area contributed by atoms with Gasteiger partial charge in [-0.1, -0.05) is 32.9 Å². The van der Waals surface area contributed by atoms with E-state index >= 15 is 0 Å². The molecular formula is C21H31N5O4S. The molecule has 2 aromatic rings. The number of carbonyl (C=O) groups is 1. The third-order valence-electron chi connectivity index (χ3n) is 5.69. The largest absolute Gasteiger partial charge is 0.345 e. The topological polar surface area (TPSA) is 97.5 Å². The maximum Gasteiger partial charge on any atom is 0.345 e. The Kier molecular flexibility index (Phi) is 6.16. The number of rotatable bonds is 4. The molecule has 0 N–H and O–H groups in total. The maximum atomic E-state index is 13.4. The Morgan fingerprint density at radius 3 is 2.06 bits per heavy atom. The molecule has 170 valence electrons. The van der Waals surface area contributed by atoms with Gasteiger partial charge in [0.25, 0.3) is 0 Å². The van der Waals surface area contributed by atoms with Crippen LogP contribution in [0.25, 0.3) is 0 Å². The van der Waals surface area contributed by atoms with Gasteiger partial charge in [0.1, 0.15) is 12.9 Å². The number of aromatic nitrogens is 3. The molecule has 10 heteroatoms. The zero-order chi connectivity index (χ0) is 23.1. The van der Waals surface area contributed by atoms with E-state index in [0.717, 1.165) is 21.4 Å². The van der Waals surface area contributed by atoms with Gasteiger partial charge in [-0.3, -0.25) is 9.36 Å². The van der Waals surface area contributed by atoms with Crippen molar-refractivity contribution in [2.45, 2.75) is 51.5 Å². The van der Waals surface area contributed by atoms with Crippen molar-refractivity contribution in [1.82, 2.24) is 23.6 Å². The van der Waals surface area contributed by atoms with Crippen molar-refractivity contribution in [3.05, 3.63) is 45.6 Å². The third kappa shape index (κ3) is 4.59. The molecule has 1 fully saturated rings. The summed E-state index contributed by atoms with van der Waals surface area (Å²) in [6.07, 6.45) is 1.36. The van der Waals surface area contributed by atoms with Gasteiger partial charge < -0.3 is 4.90 Å². The maximum absolute atomic E-state index is 13.4. The first kappa shape index (κ1) is 23.2. The summed E-state index contributed by atoms with van der Waals surface area (Å²) in [5.74, 6) is -0.250. The molecule has 0 aliphatic carbocycles. The normalized spacial score (nSPS) is 16.0. The lowest BCUT2D eigenvalue weighted by molar-refractivity contribution is -0.133. The van der Waals surface area contributed by atoms with E-state index in [0.29, 0.717) is 4.90 Å². The molecule has 9 nitrogen and oxygen atoms in total. The molecule has 0 saturated carbocycles. The first-order valence-corrected chi connectivity index (χ1v) is 11.7. The number of nitrogens with zero attached hydrogens (tertiary/aromatic N) is 5. The monoisotopic (exact) mass is 449 g/mol. The zero-order valence-corrected chi connectivity index (χ0v) is 19.9. The van der Waals surface area contributed by atoms with Crippen LogP contribution >= 0.6 is 0 Å². The summed E-state index contributed by atoms with van der Waals surface area (Å²) in [7, 11) is -2.11. The van der Waals surface area contributed by atoms with Gasteiger partial charge in [-0.15, -0.1) is 0 Å². The van der Waals surface area contributed by atoms with E-state index in [1.54, 1.807) is 11.9 Å². The van der Waals surface area contributed by atoms with Crippen molar-refractivity contribution < 1.29 is 13.2 Å². The van der Waals surface area contributed by atoms with Crippen LogP contribution in [0.15, 0.2) is 28.2 Å². The number of piperazine rings is 1. The summed E-state index contributed by atoms with van der Waals surface area (Å²) < 4.78 is 30.6. The van der Waals surface area contributed by atoms with Crippen LogP contribution in [-0.2, 0) is 33.8 Å². The molecule has 0 spiro atoms. The number of hydrogen-bond acceptors (Lipinski definition) is 5. The second-order valence-electron chi connectivity index (χ2n) is 9.16. The van der Waals surface area contributed by atoms with E-state index in [1.807, 2.05) is 26.0 Å². The fraction of sp³-hybridized carbons (Fsp3) is 0.571. The Labute approximate surface area is 183 Å². The van der Waals surface area contributed by atoms with Gasteiger partial charge in [0.05, 0.1) is 4.90 Å². The molecule has 2 heterocycles. The van der Waals surface area contributed by atoms with Crippen LogP contribution in [0.1, 0.15) is 37.5 Å². The lowest BCUT2D eigenvalue weighted by Crippen LogP contribution is -2.51. The van der Waals surface area contributed by atoms with E-state index in [1.165, 1.54) is 15.2 Å². The number of carbonyl (C=O) groups excluding carboxylic acids is 1. The van der Waals surface area contributed by atoms with Gasteiger partial charge >= 0.3 is 5.69 Å². The van der Waals surface area contributed by atoms with Crippen LogP contribution in [-0.4, -0.2) is 64.1 Å². The van der Waals surface area contributed by atoms with E-state index in [9.17, 15) is 18.0 Å². The molecular weight excluding hydrogens is 418 g/mol. The van der Waals surface area contributed by atoms with Crippen LogP contribution < -0.4 is 5.69 Å². The van der Waals surface area contributed by atoms with Gasteiger partial charge in [-0.05, 0) is 36.0 Å². The van der Waals surface area contributed by atoms with Crippen LogP contribution in [0.3, 0.4) is 0 Å². The zero-order valence-electron chi connectivity index (χ0n) is 19.0. The lowest BCUT2D eigenvalue weighted by atomic mass is 9.85. The molecule has 1 aliphatic rings.